The molecular weight excluding hydrogens is 671 g/mol. The monoisotopic (exact) mass is 724 g/mol. The van der Waals surface area contributed by atoms with Gasteiger partial charge in [-0.2, -0.15) is 0 Å². The van der Waals surface area contributed by atoms with E-state index in [2.05, 4.69) is 94.6 Å². The molecule has 0 aliphatic heterocycles. The van der Waals surface area contributed by atoms with Crippen LogP contribution in [0.4, 0.5) is 0 Å². The van der Waals surface area contributed by atoms with Gasteiger partial charge in [-0.25, -0.2) is 4.98 Å². The predicted molar refractivity (Wildman–Crippen MR) is 230 cm³/mol. The molecule has 0 saturated carbocycles. The van der Waals surface area contributed by atoms with Crippen LogP contribution in [0.3, 0.4) is 0 Å². The van der Waals surface area contributed by atoms with Crippen molar-refractivity contribution in [2.24, 2.45) is 0 Å². The van der Waals surface area contributed by atoms with Crippen molar-refractivity contribution in [3.05, 3.63) is 168 Å². The van der Waals surface area contributed by atoms with Crippen LogP contribution in [0.1, 0.15) is 67.8 Å². The number of aromatic nitrogens is 3. The molecule has 0 fully saturated rings. The minimum absolute atomic E-state index is 0.0367. The third-order valence-corrected chi connectivity index (χ3v) is 10.1. The fourth-order valence-electron chi connectivity index (χ4n) is 7.06. The molecule has 2 heterocycles. The molecule has 6 aromatic carbocycles. The maximum absolute atomic E-state index is 11.4. The van der Waals surface area contributed by atoms with Crippen molar-refractivity contribution in [2.75, 3.05) is 0 Å². The number of hydrogen-bond acceptors (Lipinski definition) is 3. The molecule has 0 aliphatic rings. The van der Waals surface area contributed by atoms with E-state index < -0.39 is 30.5 Å². The number of nitrogens with zero attached hydrogens (tertiary/aromatic N) is 3. The van der Waals surface area contributed by atoms with Gasteiger partial charge < -0.3 is 5.11 Å². The molecule has 4 heteroatoms. The standard InChI is InChI=1S/C51H47N3O/c1-33-15-13-18-35(27-33)36-25-26-52-44(31-36)38-28-37(29-40(30-38)51(5,6)7)41-20-14-21-46-48(41)53-49(42-19-11-12-22-47(42)55)54(46)45-24-23-39(50(2,3)4)32-43(45)34-16-9-8-10-17-34/h8-32,55H,1-7H3/i1D3,13D,15D,18D,27D. The number of phenols is 1. The highest BCUT2D eigenvalue weighted by molar-refractivity contribution is 5.97. The van der Waals surface area contributed by atoms with Gasteiger partial charge in [0.1, 0.15) is 11.6 Å². The molecule has 4 nitrogen and oxygen atoms in total. The van der Waals surface area contributed by atoms with Gasteiger partial charge in [0.05, 0.1) is 33.5 Å². The molecule has 0 bridgehead atoms. The van der Waals surface area contributed by atoms with Gasteiger partial charge in [0.25, 0.3) is 0 Å². The molecule has 1 N–H and O–H groups in total. The Morgan fingerprint density at radius 1 is 0.618 bits per heavy atom. The smallest absolute Gasteiger partial charge is 0.149 e. The third-order valence-electron chi connectivity index (χ3n) is 10.1. The van der Waals surface area contributed by atoms with Gasteiger partial charge in [-0.05, 0) is 106 Å². The average molecular weight is 725 g/mol. The zero-order valence-electron chi connectivity index (χ0n) is 38.9. The van der Waals surface area contributed by atoms with E-state index in [4.69, 9.17) is 19.6 Å². The molecule has 2 aromatic heterocycles. The number of aromatic hydroxyl groups is 1. The molecule has 0 unspecified atom stereocenters. The number of phenolic OH excluding ortho intramolecular Hbond substituents is 1. The van der Waals surface area contributed by atoms with Crippen molar-refractivity contribution in [2.45, 2.75) is 59.2 Å². The zero-order valence-corrected chi connectivity index (χ0v) is 31.9. The molecule has 0 amide bonds. The lowest BCUT2D eigenvalue weighted by Gasteiger charge is -2.23. The second-order valence-corrected chi connectivity index (χ2v) is 16.0. The summed E-state index contributed by atoms with van der Waals surface area (Å²) in [6.07, 6.45) is 1.55. The number of para-hydroxylation sites is 2. The average Bonchev–Trinajstić information content (AvgIpc) is 3.61. The topological polar surface area (TPSA) is 50.9 Å². The molecule has 0 aliphatic carbocycles. The van der Waals surface area contributed by atoms with Crippen molar-refractivity contribution in [1.82, 2.24) is 14.5 Å². The molecule has 8 aromatic rings. The number of imidazole rings is 1. The zero-order chi connectivity index (χ0) is 44.5. The fourth-order valence-corrected chi connectivity index (χ4v) is 7.06. The summed E-state index contributed by atoms with van der Waals surface area (Å²) in [4.78, 5) is 10.1. The molecule has 0 radical (unpaired) electrons. The van der Waals surface area contributed by atoms with Gasteiger partial charge in [0.2, 0.25) is 0 Å². The Kier molecular flexibility index (Phi) is 7.11. The first-order valence-electron chi connectivity index (χ1n) is 22.0. The summed E-state index contributed by atoms with van der Waals surface area (Å²) in [5.41, 5.74) is 9.63. The van der Waals surface area contributed by atoms with E-state index in [-0.39, 0.29) is 28.2 Å². The van der Waals surface area contributed by atoms with Crippen molar-refractivity contribution in [1.29, 1.82) is 0 Å². The number of hydrogen-bond donors (Lipinski definition) is 1. The first kappa shape index (κ1) is 28.2. The lowest BCUT2D eigenvalue weighted by atomic mass is 9.83. The number of benzene rings is 6. The highest BCUT2D eigenvalue weighted by Gasteiger charge is 2.25. The number of rotatable bonds is 6. The summed E-state index contributed by atoms with van der Waals surface area (Å²) < 4.78 is 60.5. The molecule has 55 heavy (non-hydrogen) atoms. The van der Waals surface area contributed by atoms with E-state index in [0.29, 0.717) is 22.6 Å². The minimum atomic E-state index is -2.82. The SMILES string of the molecule is [2H]c1c([2H])c(-c2ccnc(-c3cc(-c4cccc5c4nc(-c4ccccc4O)n5-c4ccc(C(C)(C)C)cc4-c4ccccc4)cc(C(C)(C)C)c3)c2)c([2H])c(C([2H])([2H])[2H])c1[2H]. The van der Waals surface area contributed by atoms with Gasteiger partial charge in [0.15, 0.2) is 0 Å². The largest absolute Gasteiger partial charge is 0.507 e. The van der Waals surface area contributed by atoms with Gasteiger partial charge in [-0.3, -0.25) is 9.55 Å². The molecule has 0 spiro atoms. The van der Waals surface area contributed by atoms with E-state index in [1.165, 1.54) is 5.56 Å². The second kappa shape index (κ2) is 13.9. The van der Waals surface area contributed by atoms with Crippen LogP contribution in [-0.4, -0.2) is 19.6 Å². The number of pyridine rings is 1. The summed E-state index contributed by atoms with van der Waals surface area (Å²) in [5, 5.41) is 11.4. The first-order valence-corrected chi connectivity index (χ1v) is 18.5. The van der Waals surface area contributed by atoms with Crippen molar-refractivity contribution < 1.29 is 14.7 Å². The van der Waals surface area contributed by atoms with Gasteiger partial charge in [-0.15, -0.1) is 0 Å². The molecular formula is C51H47N3O. The maximum Gasteiger partial charge on any atom is 0.149 e. The van der Waals surface area contributed by atoms with Crippen LogP contribution in [0, 0.1) is 6.85 Å². The Morgan fingerprint density at radius 3 is 2.13 bits per heavy atom. The summed E-state index contributed by atoms with van der Waals surface area (Å²) in [6, 6.07) is 37.7. The Balaban J connectivity index is 1.38. The van der Waals surface area contributed by atoms with Crippen LogP contribution in [0.15, 0.2) is 152 Å². The first-order chi connectivity index (χ1) is 29.2. The van der Waals surface area contributed by atoms with E-state index in [0.717, 1.165) is 50.1 Å². The minimum Gasteiger partial charge on any atom is -0.507 e. The van der Waals surface area contributed by atoms with E-state index in [1.807, 2.05) is 48.5 Å². The summed E-state index contributed by atoms with van der Waals surface area (Å²) in [7, 11) is 0. The second-order valence-electron chi connectivity index (χ2n) is 16.0. The fraction of sp³-hybridized carbons (Fsp3) is 0.176. The van der Waals surface area contributed by atoms with Crippen LogP contribution in [0.5, 0.6) is 5.75 Å². The van der Waals surface area contributed by atoms with Crippen LogP contribution in [0.25, 0.3) is 72.7 Å². The third kappa shape index (κ3) is 6.97. The normalized spacial score (nSPS) is 14.0. The van der Waals surface area contributed by atoms with Gasteiger partial charge in [-0.1, -0.05) is 138 Å². The van der Waals surface area contributed by atoms with Crippen molar-refractivity contribution >= 4 is 11.0 Å². The maximum atomic E-state index is 11.4. The Bertz CT molecular complexity index is 3030. The van der Waals surface area contributed by atoms with Crippen LogP contribution in [-0.2, 0) is 10.8 Å². The van der Waals surface area contributed by atoms with E-state index in [1.54, 1.807) is 30.5 Å². The predicted octanol–water partition coefficient (Wildman–Crippen LogP) is 13.4. The summed E-state index contributed by atoms with van der Waals surface area (Å²) in [5.74, 6) is 0.683. The van der Waals surface area contributed by atoms with E-state index >= 15 is 0 Å². The van der Waals surface area contributed by atoms with Gasteiger partial charge >= 0.3 is 0 Å². The molecule has 0 saturated heterocycles. The molecule has 0 atom stereocenters. The Morgan fingerprint density at radius 2 is 1.36 bits per heavy atom. The highest BCUT2D eigenvalue weighted by atomic mass is 16.3. The Labute approximate surface area is 334 Å². The van der Waals surface area contributed by atoms with Crippen LogP contribution >= 0.6 is 0 Å². The lowest BCUT2D eigenvalue weighted by molar-refractivity contribution is 0.477. The van der Waals surface area contributed by atoms with Crippen molar-refractivity contribution in [3.8, 4) is 67.5 Å². The molecule has 8 rings (SSSR count). The summed E-state index contributed by atoms with van der Waals surface area (Å²) >= 11 is 0. The van der Waals surface area contributed by atoms with Crippen LogP contribution in [0.2, 0.25) is 0 Å². The molecule has 272 valence electrons. The Hall–Kier alpha value is -6.26. The van der Waals surface area contributed by atoms with Gasteiger partial charge in [0, 0.05) is 27.0 Å². The van der Waals surface area contributed by atoms with Crippen molar-refractivity contribution in [3.63, 3.8) is 0 Å². The van der Waals surface area contributed by atoms with E-state index in [9.17, 15) is 5.11 Å². The quantitative estimate of drug-likeness (QED) is 0.186. The highest BCUT2D eigenvalue weighted by Crippen LogP contribution is 2.42. The number of fused-ring (bicyclic) bond motifs is 1. The van der Waals surface area contributed by atoms with Crippen LogP contribution < -0.4 is 0 Å². The summed E-state index contributed by atoms with van der Waals surface area (Å²) in [6.45, 7) is 10.2. The lowest BCUT2D eigenvalue weighted by Crippen LogP contribution is -2.12.